The molecule has 4 nitrogen and oxygen atoms in total. The van der Waals surface area contributed by atoms with Gasteiger partial charge >= 0.3 is 5.97 Å². The molecule has 1 atom stereocenters. The zero-order chi connectivity index (χ0) is 12.4. The van der Waals surface area contributed by atoms with Crippen LogP contribution in [-0.2, 0) is 14.6 Å². The Bertz CT molecular complexity index is 483. The maximum absolute atomic E-state index is 12.0. The van der Waals surface area contributed by atoms with E-state index in [0.29, 0.717) is 0 Å². The summed E-state index contributed by atoms with van der Waals surface area (Å²) in [6, 6.07) is 7.32. The van der Waals surface area contributed by atoms with Crippen molar-refractivity contribution in [3.63, 3.8) is 0 Å². The Kier molecular flexibility index (Phi) is 3.60. The van der Waals surface area contributed by atoms with Gasteiger partial charge in [0.25, 0.3) is 0 Å². The molecule has 0 aliphatic carbocycles. The van der Waals surface area contributed by atoms with Gasteiger partial charge < -0.3 is 5.11 Å². The first-order valence-electron chi connectivity index (χ1n) is 4.58. The van der Waals surface area contributed by atoms with Crippen molar-refractivity contribution in [1.82, 2.24) is 0 Å². The number of aliphatic carboxylic acids is 1. The van der Waals surface area contributed by atoms with Gasteiger partial charge in [0.05, 0.1) is 4.90 Å². The summed E-state index contributed by atoms with van der Waals surface area (Å²) in [6.07, 6.45) is -0.207. The van der Waals surface area contributed by atoms with E-state index >= 15 is 0 Å². The van der Waals surface area contributed by atoms with Gasteiger partial charge in [0.15, 0.2) is 0 Å². The Morgan fingerprint density at radius 3 is 2.25 bits per heavy atom. The number of benzene rings is 1. The van der Waals surface area contributed by atoms with Gasteiger partial charge in [0.2, 0.25) is 14.0 Å². The van der Waals surface area contributed by atoms with Crippen LogP contribution >= 0.6 is 11.6 Å². The summed E-state index contributed by atoms with van der Waals surface area (Å²) in [4.78, 5) is 10.9. The summed E-state index contributed by atoms with van der Waals surface area (Å²) in [6.45, 7) is 1.42. The second kappa shape index (κ2) is 4.43. The molecule has 16 heavy (non-hydrogen) atoms. The average Bonchev–Trinajstić information content (AvgIpc) is 2.28. The molecule has 0 heterocycles. The number of rotatable bonds is 4. The second-order valence-corrected chi connectivity index (χ2v) is 6.25. The van der Waals surface area contributed by atoms with E-state index in [0.717, 1.165) is 0 Å². The van der Waals surface area contributed by atoms with Crippen molar-refractivity contribution in [3.8, 4) is 0 Å². The van der Waals surface area contributed by atoms with Crippen molar-refractivity contribution >= 4 is 27.4 Å². The highest BCUT2D eigenvalue weighted by Crippen LogP contribution is 2.33. The predicted molar refractivity (Wildman–Crippen MR) is 60.1 cm³/mol. The van der Waals surface area contributed by atoms with Gasteiger partial charge in [-0.2, -0.15) is 0 Å². The van der Waals surface area contributed by atoms with Crippen molar-refractivity contribution in [2.24, 2.45) is 0 Å². The van der Waals surface area contributed by atoms with Crippen LogP contribution in [0.3, 0.4) is 0 Å². The van der Waals surface area contributed by atoms with E-state index in [2.05, 4.69) is 0 Å². The lowest BCUT2D eigenvalue weighted by atomic mass is 10.3. The van der Waals surface area contributed by atoms with E-state index in [1.807, 2.05) is 0 Å². The minimum atomic E-state index is -4.08. The van der Waals surface area contributed by atoms with Crippen molar-refractivity contribution in [2.75, 3.05) is 0 Å². The fourth-order valence-corrected chi connectivity index (χ4v) is 3.01. The number of halogens is 1. The number of sulfone groups is 1. The predicted octanol–water partition coefficient (Wildman–Crippen LogP) is 1.89. The molecular formula is C10H11ClO4S. The Hall–Kier alpha value is -1.07. The number of hydrogen-bond acceptors (Lipinski definition) is 3. The molecule has 0 spiro atoms. The van der Waals surface area contributed by atoms with E-state index in [-0.39, 0.29) is 11.3 Å². The fraction of sp³-hybridized carbons (Fsp3) is 0.300. The number of hydrogen-bond donors (Lipinski definition) is 1. The Labute approximate surface area is 98.8 Å². The van der Waals surface area contributed by atoms with Crippen LogP contribution in [-0.4, -0.2) is 23.7 Å². The fourth-order valence-electron chi connectivity index (χ4n) is 1.24. The Morgan fingerprint density at radius 1 is 1.38 bits per heavy atom. The highest BCUT2D eigenvalue weighted by atomic mass is 35.5. The van der Waals surface area contributed by atoms with Crippen LogP contribution in [0.25, 0.3) is 0 Å². The average molecular weight is 263 g/mol. The summed E-state index contributed by atoms with van der Waals surface area (Å²) in [7, 11) is -4.08. The van der Waals surface area contributed by atoms with Crippen LogP contribution < -0.4 is 0 Å². The van der Waals surface area contributed by atoms with Gasteiger partial charge in [-0.25, -0.2) is 13.2 Å². The molecule has 0 fully saturated rings. The molecule has 1 N–H and O–H groups in total. The normalized spacial score (nSPS) is 15.4. The molecule has 0 aliphatic rings. The first-order chi connectivity index (χ1) is 7.36. The Balaban J connectivity index is 3.37. The first-order valence-corrected chi connectivity index (χ1v) is 6.44. The molecule has 88 valence electrons. The molecule has 1 aromatic rings. The van der Waals surface area contributed by atoms with Crippen LogP contribution in [0.2, 0.25) is 0 Å². The number of carboxylic acids is 1. The van der Waals surface area contributed by atoms with E-state index in [1.165, 1.54) is 31.2 Å². The van der Waals surface area contributed by atoms with E-state index in [9.17, 15) is 13.2 Å². The summed E-state index contributed by atoms with van der Waals surface area (Å²) in [5, 5.41) is 8.92. The largest absolute Gasteiger partial charge is 0.479 e. The van der Waals surface area contributed by atoms with Crippen LogP contribution in [0.1, 0.15) is 13.3 Å². The molecule has 0 radical (unpaired) electrons. The van der Waals surface area contributed by atoms with Crippen molar-refractivity contribution < 1.29 is 18.3 Å². The zero-order valence-electron chi connectivity index (χ0n) is 8.55. The maximum atomic E-state index is 12.0. The SMILES string of the molecule is CCC(Cl)(C(=O)O)S(=O)(=O)c1ccccc1. The molecule has 0 saturated carbocycles. The van der Waals surface area contributed by atoms with Gasteiger partial charge in [0.1, 0.15) is 0 Å². The van der Waals surface area contributed by atoms with Gasteiger partial charge in [-0.05, 0) is 18.6 Å². The van der Waals surface area contributed by atoms with E-state index in [4.69, 9.17) is 16.7 Å². The zero-order valence-corrected chi connectivity index (χ0v) is 10.1. The Morgan fingerprint density at radius 2 is 1.88 bits per heavy atom. The molecule has 1 aromatic carbocycles. The van der Waals surface area contributed by atoms with Crippen molar-refractivity contribution in [3.05, 3.63) is 30.3 Å². The smallest absolute Gasteiger partial charge is 0.340 e. The lowest BCUT2D eigenvalue weighted by Gasteiger charge is -2.20. The van der Waals surface area contributed by atoms with Gasteiger partial charge in [-0.15, -0.1) is 0 Å². The molecule has 0 bridgehead atoms. The second-order valence-electron chi connectivity index (χ2n) is 3.20. The summed E-state index contributed by atoms with van der Waals surface area (Å²) < 4.78 is 21.7. The highest BCUT2D eigenvalue weighted by molar-refractivity contribution is 7.95. The van der Waals surface area contributed by atoms with Crippen LogP contribution in [0, 0.1) is 0 Å². The number of alkyl halides is 1. The maximum Gasteiger partial charge on any atom is 0.340 e. The van der Waals surface area contributed by atoms with Gasteiger partial charge in [0, 0.05) is 0 Å². The van der Waals surface area contributed by atoms with Gasteiger partial charge in [-0.1, -0.05) is 36.7 Å². The third-order valence-electron chi connectivity index (χ3n) is 2.25. The molecule has 1 unspecified atom stereocenters. The molecule has 0 aromatic heterocycles. The summed E-state index contributed by atoms with van der Waals surface area (Å²) in [5.41, 5.74) is 0. The minimum absolute atomic E-state index is 0.0887. The quantitative estimate of drug-likeness (QED) is 0.841. The molecule has 0 saturated heterocycles. The topological polar surface area (TPSA) is 71.4 Å². The lowest BCUT2D eigenvalue weighted by molar-refractivity contribution is -0.137. The van der Waals surface area contributed by atoms with Crippen molar-refractivity contribution in [1.29, 1.82) is 0 Å². The van der Waals surface area contributed by atoms with E-state index < -0.39 is 20.0 Å². The minimum Gasteiger partial charge on any atom is -0.479 e. The molecule has 0 aliphatic heterocycles. The summed E-state index contributed by atoms with van der Waals surface area (Å²) in [5.74, 6) is -1.56. The third-order valence-corrected chi connectivity index (χ3v) is 5.50. The lowest BCUT2D eigenvalue weighted by Crippen LogP contribution is -2.40. The molecule has 0 amide bonds. The van der Waals surface area contributed by atoms with Crippen LogP contribution in [0.4, 0.5) is 0 Å². The van der Waals surface area contributed by atoms with Crippen LogP contribution in [0.15, 0.2) is 35.2 Å². The first kappa shape index (κ1) is 13.0. The molecular weight excluding hydrogens is 252 g/mol. The third kappa shape index (κ3) is 1.92. The standard InChI is InChI=1S/C10H11ClO4S/c1-2-10(11,9(12)13)16(14,15)8-6-4-3-5-7-8/h3-7H,2H2,1H3,(H,12,13). The van der Waals surface area contributed by atoms with Crippen LogP contribution in [0.5, 0.6) is 0 Å². The highest BCUT2D eigenvalue weighted by Gasteiger charge is 2.48. The number of carboxylic acid groups (broad SMARTS) is 1. The molecule has 1 rings (SSSR count). The summed E-state index contributed by atoms with van der Waals surface area (Å²) >= 11 is 5.70. The van der Waals surface area contributed by atoms with E-state index in [1.54, 1.807) is 6.07 Å². The van der Waals surface area contributed by atoms with Gasteiger partial charge in [-0.3, -0.25) is 0 Å². The monoisotopic (exact) mass is 262 g/mol. The molecule has 6 heteroatoms. The van der Waals surface area contributed by atoms with Crippen molar-refractivity contribution in [2.45, 2.75) is 22.4 Å². The number of carbonyl (C=O) groups is 1.